The number of hydrogen-bond donors (Lipinski definition) is 1. The van der Waals surface area contributed by atoms with Crippen molar-refractivity contribution in [3.63, 3.8) is 0 Å². The van der Waals surface area contributed by atoms with Crippen molar-refractivity contribution in [2.75, 3.05) is 12.3 Å². The molecular weight excluding hydrogens is 202 g/mol. The van der Waals surface area contributed by atoms with Gasteiger partial charge in [-0.05, 0) is 25.0 Å². The first-order valence-electron chi connectivity index (χ1n) is 5.59. The molecule has 2 rings (SSSR count). The first kappa shape index (κ1) is 11.0. The number of benzene rings is 1. The van der Waals surface area contributed by atoms with E-state index in [1.807, 2.05) is 0 Å². The largest absolute Gasteiger partial charge is 0.308 e. The van der Waals surface area contributed by atoms with Crippen molar-refractivity contribution < 1.29 is 0 Å². The van der Waals surface area contributed by atoms with Crippen LogP contribution in [-0.2, 0) is 0 Å². The Morgan fingerprint density at radius 2 is 2.13 bits per heavy atom. The molecule has 1 aromatic carbocycles. The van der Waals surface area contributed by atoms with E-state index in [2.05, 4.69) is 56.0 Å². The summed E-state index contributed by atoms with van der Waals surface area (Å²) in [5, 5.41) is 4.38. The molecule has 82 valence electrons. The highest BCUT2D eigenvalue weighted by Crippen LogP contribution is 2.27. The van der Waals surface area contributed by atoms with Crippen LogP contribution in [0.3, 0.4) is 0 Å². The summed E-state index contributed by atoms with van der Waals surface area (Å²) in [5.74, 6) is 1.20. The first-order chi connectivity index (χ1) is 7.16. The number of aryl methyl sites for hydroxylation is 2. The first-order valence-corrected chi connectivity index (χ1v) is 6.64. The van der Waals surface area contributed by atoms with Crippen LogP contribution in [0.25, 0.3) is 0 Å². The second kappa shape index (κ2) is 4.58. The lowest BCUT2D eigenvalue weighted by Crippen LogP contribution is -2.34. The molecule has 1 N–H and O–H groups in total. The molecule has 1 fully saturated rings. The third-order valence-corrected chi connectivity index (χ3v) is 4.26. The topological polar surface area (TPSA) is 12.0 Å². The van der Waals surface area contributed by atoms with E-state index in [1.165, 1.54) is 22.4 Å². The molecule has 1 nitrogen and oxygen atoms in total. The van der Waals surface area contributed by atoms with Gasteiger partial charge in [-0.25, -0.2) is 0 Å². The smallest absolute Gasteiger partial charge is 0.0414 e. The summed E-state index contributed by atoms with van der Waals surface area (Å²) in [6.45, 7) is 7.78. The lowest BCUT2D eigenvalue weighted by Gasteiger charge is -2.28. The van der Waals surface area contributed by atoms with Crippen LogP contribution in [0.4, 0.5) is 0 Å². The highest BCUT2D eigenvalue weighted by molar-refractivity contribution is 8.00. The Labute approximate surface area is 96.7 Å². The Morgan fingerprint density at radius 3 is 2.73 bits per heavy atom. The molecule has 0 bridgehead atoms. The fraction of sp³-hybridized carbons (Fsp3) is 0.538. The summed E-state index contributed by atoms with van der Waals surface area (Å²) in [5.41, 5.74) is 4.25. The van der Waals surface area contributed by atoms with E-state index in [9.17, 15) is 0 Å². The second-order valence-electron chi connectivity index (χ2n) is 4.46. The molecule has 1 heterocycles. The summed E-state index contributed by atoms with van der Waals surface area (Å²) in [4.78, 5) is 0. The monoisotopic (exact) mass is 221 g/mol. The van der Waals surface area contributed by atoms with Crippen molar-refractivity contribution in [2.45, 2.75) is 32.1 Å². The van der Waals surface area contributed by atoms with Crippen molar-refractivity contribution >= 4 is 11.8 Å². The van der Waals surface area contributed by atoms with Gasteiger partial charge in [0.05, 0.1) is 0 Å². The van der Waals surface area contributed by atoms with Gasteiger partial charge in [0.2, 0.25) is 0 Å². The Bertz CT molecular complexity index is 340. The summed E-state index contributed by atoms with van der Waals surface area (Å²) >= 11 is 2.07. The average Bonchev–Trinajstić information content (AvgIpc) is 2.20. The van der Waals surface area contributed by atoms with Crippen molar-refractivity contribution in [3.8, 4) is 0 Å². The van der Waals surface area contributed by atoms with Crippen LogP contribution < -0.4 is 5.32 Å². The van der Waals surface area contributed by atoms with Crippen molar-refractivity contribution in [1.29, 1.82) is 0 Å². The van der Waals surface area contributed by atoms with Gasteiger partial charge >= 0.3 is 0 Å². The van der Waals surface area contributed by atoms with Crippen LogP contribution in [0.2, 0.25) is 0 Å². The Kier molecular flexibility index (Phi) is 3.37. The molecule has 1 aromatic rings. The Hall–Kier alpha value is -0.470. The van der Waals surface area contributed by atoms with E-state index in [0.717, 1.165) is 11.8 Å². The maximum Gasteiger partial charge on any atom is 0.0414 e. The fourth-order valence-electron chi connectivity index (χ4n) is 2.10. The van der Waals surface area contributed by atoms with E-state index in [0.29, 0.717) is 6.04 Å². The van der Waals surface area contributed by atoms with Crippen LogP contribution in [0.5, 0.6) is 0 Å². The van der Waals surface area contributed by atoms with E-state index in [4.69, 9.17) is 0 Å². The zero-order chi connectivity index (χ0) is 10.8. The average molecular weight is 221 g/mol. The number of hydrogen-bond acceptors (Lipinski definition) is 2. The zero-order valence-electron chi connectivity index (χ0n) is 9.71. The van der Waals surface area contributed by atoms with Gasteiger partial charge in [0.15, 0.2) is 0 Å². The lowest BCUT2D eigenvalue weighted by atomic mass is 10.00. The zero-order valence-corrected chi connectivity index (χ0v) is 10.5. The van der Waals surface area contributed by atoms with Crippen molar-refractivity contribution in [3.05, 3.63) is 34.9 Å². The quantitative estimate of drug-likeness (QED) is 0.782. The SMILES string of the molecule is Cc1ccc(C2CSC(C)CN2)c(C)c1. The summed E-state index contributed by atoms with van der Waals surface area (Å²) in [7, 11) is 0. The highest BCUT2D eigenvalue weighted by Gasteiger charge is 2.20. The van der Waals surface area contributed by atoms with Crippen LogP contribution in [0, 0.1) is 13.8 Å². The minimum absolute atomic E-state index is 0.548. The van der Waals surface area contributed by atoms with Gasteiger partial charge in [-0.15, -0.1) is 0 Å². The van der Waals surface area contributed by atoms with E-state index >= 15 is 0 Å². The van der Waals surface area contributed by atoms with Crippen LogP contribution in [-0.4, -0.2) is 17.5 Å². The number of thioether (sulfide) groups is 1. The molecule has 0 radical (unpaired) electrons. The van der Waals surface area contributed by atoms with E-state index in [-0.39, 0.29) is 0 Å². The maximum absolute atomic E-state index is 3.62. The fourth-order valence-corrected chi connectivity index (χ4v) is 3.14. The highest BCUT2D eigenvalue weighted by atomic mass is 32.2. The summed E-state index contributed by atoms with van der Waals surface area (Å²) in [6.07, 6.45) is 0. The number of rotatable bonds is 1. The molecule has 15 heavy (non-hydrogen) atoms. The van der Waals surface area contributed by atoms with Gasteiger partial charge < -0.3 is 5.32 Å². The molecule has 1 saturated heterocycles. The normalized spacial score (nSPS) is 26.6. The number of nitrogens with one attached hydrogen (secondary N) is 1. The second-order valence-corrected chi connectivity index (χ2v) is 5.94. The van der Waals surface area contributed by atoms with Gasteiger partial charge in [-0.1, -0.05) is 30.7 Å². The molecule has 0 amide bonds. The Morgan fingerprint density at radius 1 is 1.33 bits per heavy atom. The third-order valence-electron chi connectivity index (χ3n) is 3.00. The van der Waals surface area contributed by atoms with E-state index < -0.39 is 0 Å². The molecule has 0 aliphatic carbocycles. The molecule has 1 aliphatic rings. The van der Waals surface area contributed by atoms with Crippen LogP contribution >= 0.6 is 11.8 Å². The third kappa shape index (κ3) is 2.56. The van der Waals surface area contributed by atoms with Crippen molar-refractivity contribution in [2.24, 2.45) is 0 Å². The molecule has 2 unspecified atom stereocenters. The maximum atomic E-state index is 3.62. The van der Waals surface area contributed by atoms with Gasteiger partial charge in [0.1, 0.15) is 0 Å². The summed E-state index contributed by atoms with van der Waals surface area (Å²) in [6, 6.07) is 7.32. The lowest BCUT2D eigenvalue weighted by molar-refractivity contribution is 0.561. The van der Waals surface area contributed by atoms with Crippen molar-refractivity contribution in [1.82, 2.24) is 5.32 Å². The van der Waals surface area contributed by atoms with Crippen LogP contribution in [0.1, 0.15) is 29.7 Å². The predicted molar refractivity (Wildman–Crippen MR) is 68.6 cm³/mol. The van der Waals surface area contributed by atoms with Gasteiger partial charge in [0, 0.05) is 23.6 Å². The molecular formula is C13H19NS. The molecule has 0 spiro atoms. The minimum Gasteiger partial charge on any atom is -0.308 e. The molecule has 0 aromatic heterocycles. The molecule has 1 aliphatic heterocycles. The van der Waals surface area contributed by atoms with Gasteiger partial charge in [0.25, 0.3) is 0 Å². The summed E-state index contributed by atoms with van der Waals surface area (Å²) < 4.78 is 0. The predicted octanol–water partition coefficient (Wildman–Crippen LogP) is 3.07. The van der Waals surface area contributed by atoms with E-state index in [1.54, 1.807) is 0 Å². The molecule has 0 saturated carbocycles. The molecule has 2 heteroatoms. The molecule has 2 atom stereocenters. The minimum atomic E-state index is 0.548. The van der Waals surface area contributed by atoms with Gasteiger partial charge in [-0.2, -0.15) is 11.8 Å². The van der Waals surface area contributed by atoms with Crippen LogP contribution in [0.15, 0.2) is 18.2 Å². The Balaban J connectivity index is 2.15. The van der Waals surface area contributed by atoms with Gasteiger partial charge in [-0.3, -0.25) is 0 Å². The standard InChI is InChI=1S/C13H19NS/c1-9-4-5-12(10(2)6-9)13-8-15-11(3)7-14-13/h4-6,11,13-14H,7-8H2,1-3H3.